The predicted octanol–water partition coefficient (Wildman–Crippen LogP) is 3.34. The lowest BCUT2D eigenvalue weighted by atomic mass is 10.2. The first kappa shape index (κ1) is 13.7. The van der Waals surface area contributed by atoms with Crippen molar-refractivity contribution in [3.05, 3.63) is 34.8 Å². The molecule has 1 heterocycles. The number of thiazole rings is 1. The van der Waals surface area contributed by atoms with Crippen molar-refractivity contribution in [1.29, 1.82) is 0 Å². The van der Waals surface area contributed by atoms with Gasteiger partial charge in [-0.25, -0.2) is 4.98 Å². The standard InChI is InChI=1S/C14H19N3OS/c1-3-18-13-8-11(4-5-12(13)15)17-9-10(2)14-16-6-7-19-14/h4-8,10,17H,3,9,15H2,1-2H3. The van der Waals surface area contributed by atoms with Crippen LogP contribution in [0.15, 0.2) is 29.8 Å². The quantitative estimate of drug-likeness (QED) is 0.795. The van der Waals surface area contributed by atoms with Crippen LogP contribution in [0.25, 0.3) is 0 Å². The number of aromatic nitrogens is 1. The average molecular weight is 277 g/mol. The van der Waals surface area contributed by atoms with E-state index in [-0.39, 0.29) is 0 Å². The Hall–Kier alpha value is -1.75. The Kier molecular flexibility index (Phi) is 4.63. The fourth-order valence-corrected chi connectivity index (χ4v) is 2.46. The van der Waals surface area contributed by atoms with E-state index in [0.717, 1.165) is 23.0 Å². The molecule has 5 heteroatoms. The molecule has 1 aromatic carbocycles. The summed E-state index contributed by atoms with van der Waals surface area (Å²) < 4.78 is 5.48. The van der Waals surface area contributed by atoms with Crippen LogP contribution >= 0.6 is 11.3 Å². The highest BCUT2D eigenvalue weighted by Gasteiger charge is 2.08. The van der Waals surface area contributed by atoms with E-state index in [1.807, 2.05) is 36.7 Å². The summed E-state index contributed by atoms with van der Waals surface area (Å²) in [4.78, 5) is 4.32. The van der Waals surface area contributed by atoms with Crippen LogP contribution in [0, 0.1) is 0 Å². The number of nitrogens with one attached hydrogen (secondary N) is 1. The molecule has 0 fully saturated rings. The number of nitrogen functional groups attached to an aromatic ring is 1. The normalized spacial score (nSPS) is 12.1. The van der Waals surface area contributed by atoms with Crippen LogP contribution in [-0.2, 0) is 0 Å². The minimum Gasteiger partial charge on any atom is -0.492 e. The highest BCUT2D eigenvalue weighted by Crippen LogP contribution is 2.26. The van der Waals surface area contributed by atoms with Crippen molar-refractivity contribution < 1.29 is 4.74 Å². The maximum Gasteiger partial charge on any atom is 0.144 e. The molecule has 3 N–H and O–H groups in total. The minimum absolute atomic E-state index is 0.382. The van der Waals surface area contributed by atoms with E-state index in [9.17, 15) is 0 Å². The van der Waals surface area contributed by atoms with E-state index in [2.05, 4.69) is 17.2 Å². The van der Waals surface area contributed by atoms with Gasteiger partial charge in [0.05, 0.1) is 17.3 Å². The predicted molar refractivity (Wildman–Crippen MR) is 81.0 cm³/mol. The first-order valence-corrected chi connectivity index (χ1v) is 7.24. The molecule has 0 amide bonds. The Labute approximate surface area is 117 Å². The summed E-state index contributed by atoms with van der Waals surface area (Å²) >= 11 is 1.68. The van der Waals surface area contributed by atoms with Gasteiger partial charge in [-0.2, -0.15) is 0 Å². The van der Waals surface area contributed by atoms with Crippen LogP contribution in [0.1, 0.15) is 24.8 Å². The average Bonchev–Trinajstić information content (AvgIpc) is 2.93. The summed E-state index contributed by atoms with van der Waals surface area (Å²) in [5, 5.41) is 6.54. The van der Waals surface area contributed by atoms with Crippen LogP contribution in [0.3, 0.4) is 0 Å². The van der Waals surface area contributed by atoms with Crippen molar-refractivity contribution in [2.24, 2.45) is 0 Å². The third-order valence-electron chi connectivity index (χ3n) is 2.80. The van der Waals surface area contributed by atoms with Crippen LogP contribution in [0.5, 0.6) is 5.75 Å². The third kappa shape index (κ3) is 3.61. The van der Waals surface area contributed by atoms with Gasteiger partial charge in [0, 0.05) is 35.8 Å². The molecule has 19 heavy (non-hydrogen) atoms. The number of anilines is 2. The van der Waals surface area contributed by atoms with Crippen LogP contribution < -0.4 is 15.8 Å². The Balaban J connectivity index is 1.97. The molecular weight excluding hydrogens is 258 g/mol. The van der Waals surface area contributed by atoms with E-state index in [1.165, 1.54) is 0 Å². The van der Waals surface area contributed by atoms with E-state index in [0.29, 0.717) is 18.2 Å². The van der Waals surface area contributed by atoms with Gasteiger partial charge in [-0.15, -0.1) is 11.3 Å². The van der Waals surface area contributed by atoms with Gasteiger partial charge in [-0.05, 0) is 19.1 Å². The summed E-state index contributed by atoms with van der Waals surface area (Å²) in [6.45, 7) is 5.56. The molecule has 0 radical (unpaired) electrons. The maximum atomic E-state index is 5.85. The summed E-state index contributed by atoms with van der Waals surface area (Å²) in [6, 6.07) is 5.77. The molecule has 0 spiro atoms. The number of rotatable bonds is 6. The van der Waals surface area contributed by atoms with Crippen molar-refractivity contribution in [1.82, 2.24) is 4.98 Å². The zero-order chi connectivity index (χ0) is 13.7. The monoisotopic (exact) mass is 277 g/mol. The highest BCUT2D eigenvalue weighted by atomic mass is 32.1. The fraction of sp³-hybridized carbons (Fsp3) is 0.357. The van der Waals surface area contributed by atoms with Gasteiger partial charge in [0.25, 0.3) is 0 Å². The molecule has 0 aliphatic rings. The molecule has 0 aliphatic heterocycles. The molecule has 1 atom stereocenters. The third-order valence-corrected chi connectivity index (χ3v) is 3.81. The fourth-order valence-electron chi connectivity index (χ4n) is 1.76. The lowest BCUT2D eigenvalue weighted by Crippen LogP contribution is -2.10. The van der Waals surface area contributed by atoms with Crippen molar-refractivity contribution in [3.63, 3.8) is 0 Å². The first-order valence-electron chi connectivity index (χ1n) is 6.36. The van der Waals surface area contributed by atoms with Crippen molar-refractivity contribution in [2.75, 3.05) is 24.2 Å². The second-order valence-electron chi connectivity index (χ2n) is 4.34. The molecular formula is C14H19N3OS. The molecule has 2 rings (SSSR count). The molecule has 4 nitrogen and oxygen atoms in total. The molecule has 0 saturated carbocycles. The number of benzene rings is 1. The van der Waals surface area contributed by atoms with Crippen LogP contribution in [0.4, 0.5) is 11.4 Å². The highest BCUT2D eigenvalue weighted by molar-refractivity contribution is 7.09. The van der Waals surface area contributed by atoms with E-state index in [1.54, 1.807) is 11.3 Å². The van der Waals surface area contributed by atoms with Gasteiger partial charge < -0.3 is 15.8 Å². The molecule has 1 aromatic heterocycles. The molecule has 0 aliphatic carbocycles. The SMILES string of the molecule is CCOc1cc(NCC(C)c2nccs2)ccc1N. The van der Waals surface area contributed by atoms with Crippen LogP contribution in [-0.4, -0.2) is 18.1 Å². The van der Waals surface area contributed by atoms with Gasteiger partial charge in [-0.3, -0.25) is 0 Å². The largest absolute Gasteiger partial charge is 0.492 e. The Bertz CT molecular complexity index is 513. The van der Waals surface area contributed by atoms with Crippen molar-refractivity contribution >= 4 is 22.7 Å². The first-order chi connectivity index (χ1) is 9.20. The molecule has 0 saturated heterocycles. The second kappa shape index (κ2) is 6.43. The molecule has 2 aromatic rings. The smallest absolute Gasteiger partial charge is 0.144 e. The van der Waals surface area contributed by atoms with Gasteiger partial charge in [0.1, 0.15) is 5.75 Å². The van der Waals surface area contributed by atoms with Crippen molar-refractivity contribution in [3.8, 4) is 5.75 Å². The summed E-state index contributed by atoms with van der Waals surface area (Å²) in [6.07, 6.45) is 1.84. The number of hydrogen-bond donors (Lipinski definition) is 2. The van der Waals surface area contributed by atoms with E-state index < -0.39 is 0 Å². The Morgan fingerprint density at radius 2 is 2.32 bits per heavy atom. The number of hydrogen-bond acceptors (Lipinski definition) is 5. The lowest BCUT2D eigenvalue weighted by molar-refractivity contribution is 0.342. The number of ether oxygens (including phenoxy) is 1. The Morgan fingerprint density at radius 1 is 1.47 bits per heavy atom. The van der Waals surface area contributed by atoms with Gasteiger partial charge in [0.2, 0.25) is 0 Å². The van der Waals surface area contributed by atoms with E-state index in [4.69, 9.17) is 10.5 Å². The molecule has 0 bridgehead atoms. The summed E-state index contributed by atoms with van der Waals surface area (Å²) in [7, 11) is 0. The number of nitrogens with two attached hydrogens (primary N) is 1. The molecule has 102 valence electrons. The lowest BCUT2D eigenvalue weighted by Gasteiger charge is -2.13. The minimum atomic E-state index is 0.382. The zero-order valence-electron chi connectivity index (χ0n) is 11.2. The second-order valence-corrected chi connectivity index (χ2v) is 5.26. The van der Waals surface area contributed by atoms with Gasteiger partial charge in [0.15, 0.2) is 0 Å². The van der Waals surface area contributed by atoms with Gasteiger partial charge in [-0.1, -0.05) is 6.92 Å². The number of nitrogens with zero attached hydrogens (tertiary/aromatic N) is 1. The van der Waals surface area contributed by atoms with Crippen LogP contribution in [0.2, 0.25) is 0 Å². The topological polar surface area (TPSA) is 60.2 Å². The van der Waals surface area contributed by atoms with E-state index >= 15 is 0 Å². The van der Waals surface area contributed by atoms with Gasteiger partial charge >= 0.3 is 0 Å². The summed E-state index contributed by atoms with van der Waals surface area (Å²) in [5.74, 6) is 1.11. The van der Waals surface area contributed by atoms with Crippen molar-refractivity contribution in [2.45, 2.75) is 19.8 Å². The maximum absolute atomic E-state index is 5.85. The summed E-state index contributed by atoms with van der Waals surface area (Å²) in [5.41, 5.74) is 7.53. The zero-order valence-corrected chi connectivity index (χ0v) is 12.0. The molecule has 1 unspecified atom stereocenters. The Morgan fingerprint density at radius 3 is 3.00 bits per heavy atom.